The maximum atomic E-state index is 13.2. The number of hydrogen-bond donors (Lipinski definition) is 4. The Balaban J connectivity index is 1.39. The number of likely N-dealkylation sites (N-methyl/N-ethyl adjacent to an activating group) is 1. The Hall–Kier alpha value is -0.520. The summed E-state index contributed by atoms with van der Waals surface area (Å²) in [5.41, 5.74) is 9.43. The fraction of sp³-hybridized carbons (Fsp3) is 0.944. The molecule has 0 bridgehead atoms. The minimum Gasteiger partial charge on any atom is -0.379 e. The standard InChI is InChI=1S/C18H33ClN6O3/c1-24-5-4-14(28-12-3-2-6-27-10-12)13(9-24)22-18(26)15-16(20)23-25-8-11(19)7-21-17(15)25/h11-17,21,23H,2-10,20H2,1H3,(H,22,26). The molecule has 10 heteroatoms. The van der Waals surface area contributed by atoms with E-state index in [-0.39, 0.29) is 41.6 Å². The van der Waals surface area contributed by atoms with Gasteiger partial charge >= 0.3 is 0 Å². The van der Waals surface area contributed by atoms with Gasteiger partial charge in [0.15, 0.2) is 0 Å². The Morgan fingerprint density at radius 2 is 2.21 bits per heavy atom. The van der Waals surface area contributed by atoms with E-state index in [1.807, 2.05) is 5.01 Å². The second-order valence-electron chi connectivity index (χ2n) is 8.46. The summed E-state index contributed by atoms with van der Waals surface area (Å²) in [6.45, 7) is 4.52. The van der Waals surface area contributed by atoms with E-state index in [1.165, 1.54) is 0 Å². The molecule has 4 fully saturated rings. The number of rotatable bonds is 4. The van der Waals surface area contributed by atoms with Crippen molar-refractivity contribution < 1.29 is 14.3 Å². The maximum absolute atomic E-state index is 13.2. The minimum absolute atomic E-state index is 0.0000713. The van der Waals surface area contributed by atoms with Gasteiger partial charge in [-0.05, 0) is 26.3 Å². The van der Waals surface area contributed by atoms with Crippen LogP contribution in [0.15, 0.2) is 0 Å². The zero-order chi connectivity index (χ0) is 19.7. The Morgan fingerprint density at radius 3 is 3.00 bits per heavy atom. The molecule has 4 heterocycles. The summed E-state index contributed by atoms with van der Waals surface area (Å²) in [5.74, 6) is -0.420. The molecule has 4 rings (SSSR count). The van der Waals surface area contributed by atoms with E-state index in [0.29, 0.717) is 19.7 Å². The summed E-state index contributed by atoms with van der Waals surface area (Å²) < 4.78 is 11.9. The lowest BCUT2D eigenvalue weighted by Crippen LogP contribution is -2.61. The van der Waals surface area contributed by atoms with Crippen molar-refractivity contribution in [1.82, 2.24) is 26.0 Å². The van der Waals surface area contributed by atoms with Crippen molar-refractivity contribution >= 4 is 17.5 Å². The predicted octanol–water partition coefficient (Wildman–Crippen LogP) is -1.37. The van der Waals surface area contributed by atoms with Crippen LogP contribution in [0.5, 0.6) is 0 Å². The summed E-state index contributed by atoms with van der Waals surface area (Å²) in [6.07, 6.45) is 2.49. The van der Waals surface area contributed by atoms with Crippen LogP contribution in [-0.4, -0.2) is 98.2 Å². The molecule has 0 radical (unpaired) electrons. The van der Waals surface area contributed by atoms with E-state index < -0.39 is 6.17 Å². The smallest absolute Gasteiger partial charge is 0.229 e. The highest BCUT2D eigenvalue weighted by Crippen LogP contribution is 2.24. The number of fused-ring (bicyclic) bond motifs is 1. The van der Waals surface area contributed by atoms with Crippen LogP contribution in [-0.2, 0) is 14.3 Å². The summed E-state index contributed by atoms with van der Waals surface area (Å²) in [5, 5.41) is 8.54. The minimum atomic E-state index is -0.438. The van der Waals surface area contributed by atoms with Crippen molar-refractivity contribution in [3.05, 3.63) is 0 Å². The summed E-state index contributed by atoms with van der Waals surface area (Å²) in [7, 11) is 2.08. The second kappa shape index (κ2) is 9.09. The number of likely N-dealkylation sites (tertiary alicyclic amines) is 1. The number of nitrogens with zero attached hydrogens (tertiary/aromatic N) is 2. The molecule has 4 aliphatic heterocycles. The Labute approximate surface area is 171 Å². The number of carbonyl (C=O) groups excluding carboxylic acids is 1. The molecule has 4 saturated heterocycles. The number of hydrogen-bond acceptors (Lipinski definition) is 8. The molecule has 1 amide bonds. The van der Waals surface area contributed by atoms with Crippen LogP contribution in [0, 0.1) is 5.92 Å². The monoisotopic (exact) mass is 416 g/mol. The van der Waals surface area contributed by atoms with Gasteiger partial charge in [0, 0.05) is 32.8 Å². The molecule has 9 nitrogen and oxygen atoms in total. The first-order valence-electron chi connectivity index (χ1n) is 10.4. The van der Waals surface area contributed by atoms with Gasteiger partial charge in [0.05, 0.1) is 48.5 Å². The molecular formula is C18H33ClN6O3. The van der Waals surface area contributed by atoms with E-state index in [9.17, 15) is 4.79 Å². The average molecular weight is 417 g/mol. The van der Waals surface area contributed by atoms with Crippen molar-refractivity contribution in [2.45, 2.75) is 55.2 Å². The number of alkyl halides is 1. The third-order valence-corrected chi connectivity index (χ3v) is 6.48. The number of halogens is 1. The largest absolute Gasteiger partial charge is 0.379 e. The molecule has 0 saturated carbocycles. The number of nitrogens with one attached hydrogen (secondary N) is 3. The van der Waals surface area contributed by atoms with E-state index in [1.54, 1.807) is 0 Å². The molecule has 28 heavy (non-hydrogen) atoms. The lowest BCUT2D eigenvalue weighted by molar-refractivity contribution is -0.134. The van der Waals surface area contributed by atoms with Gasteiger partial charge in [-0.1, -0.05) is 0 Å². The van der Waals surface area contributed by atoms with Crippen LogP contribution in [0.3, 0.4) is 0 Å². The summed E-state index contributed by atoms with van der Waals surface area (Å²) in [4.78, 5) is 15.4. The second-order valence-corrected chi connectivity index (χ2v) is 9.08. The highest BCUT2D eigenvalue weighted by molar-refractivity contribution is 6.21. The van der Waals surface area contributed by atoms with E-state index in [2.05, 4.69) is 28.0 Å². The summed E-state index contributed by atoms with van der Waals surface area (Å²) >= 11 is 6.22. The van der Waals surface area contributed by atoms with Gasteiger partial charge in [0.25, 0.3) is 0 Å². The average Bonchev–Trinajstić information content (AvgIpc) is 2.99. The Morgan fingerprint density at radius 1 is 1.36 bits per heavy atom. The third-order valence-electron chi connectivity index (χ3n) is 6.19. The number of hydrazine groups is 1. The van der Waals surface area contributed by atoms with Crippen molar-refractivity contribution in [2.75, 3.05) is 46.4 Å². The molecule has 0 aromatic carbocycles. The quantitative estimate of drug-likeness (QED) is 0.416. The first kappa shape index (κ1) is 20.7. The van der Waals surface area contributed by atoms with Gasteiger partial charge in [-0.2, -0.15) is 0 Å². The van der Waals surface area contributed by atoms with Crippen molar-refractivity contribution in [3.63, 3.8) is 0 Å². The van der Waals surface area contributed by atoms with Gasteiger partial charge < -0.3 is 25.4 Å². The van der Waals surface area contributed by atoms with Crippen molar-refractivity contribution in [2.24, 2.45) is 11.7 Å². The number of nitrogens with two attached hydrogens (primary N) is 1. The van der Waals surface area contributed by atoms with Gasteiger partial charge in [-0.3, -0.25) is 10.1 Å². The maximum Gasteiger partial charge on any atom is 0.229 e. The van der Waals surface area contributed by atoms with E-state index in [0.717, 1.165) is 39.0 Å². The van der Waals surface area contributed by atoms with E-state index in [4.69, 9.17) is 26.8 Å². The third kappa shape index (κ3) is 4.62. The fourth-order valence-corrected chi connectivity index (χ4v) is 4.96. The number of ether oxygens (including phenoxy) is 2. The van der Waals surface area contributed by atoms with Gasteiger partial charge in [0.2, 0.25) is 5.91 Å². The molecule has 160 valence electrons. The zero-order valence-corrected chi connectivity index (χ0v) is 17.2. The molecule has 0 aromatic heterocycles. The number of piperidine rings is 1. The van der Waals surface area contributed by atoms with Crippen molar-refractivity contribution in [1.29, 1.82) is 0 Å². The Bertz CT molecular complexity index is 551. The van der Waals surface area contributed by atoms with Crippen LogP contribution < -0.4 is 21.8 Å². The van der Waals surface area contributed by atoms with Crippen LogP contribution in [0.2, 0.25) is 0 Å². The predicted molar refractivity (Wildman–Crippen MR) is 105 cm³/mol. The van der Waals surface area contributed by atoms with Gasteiger partial charge in [0.1, 0.15) is 0 Å². The van der Waals surface area contributed by atoms with Crippen LogP contribution >= 0.6 is 11.6 Å². The van der Waals surface area contributed by atoms with Crippen LogP contribution in [0.25, 0.3) is 0 Å². The fourth-order valence-electron chi connectivity index (χ4n) is 4.72. The van der Waals surface area contributed by atoms with Gasteiger partial charge in [-0.25, -0.2) is 10.4 Å². The van der Waals surface area contributed by atoms with Crippen molar-refractivity contribution in [3.8, 4) is 0 Å². The van der Waals surface area contributed by atoms with Crippen LogP contribution in [0.4, 0.5) is 0 Å². The molecule has 7 unspecified atom stereocenters. The first-order chi connectivity index (χ1) is 13.5. The first-order valence-corrected chi connectivity index (χ1v) is 10.8. The normalized spacial score (nSPS) is 42.9. The van der Waals surface area contributed by atoms with E-state index >= 15 is 0 Å². The SMILES string of the molecule is CN1CCC(OC2CCCOC2)C(NC(=O)C2C(N)NN3CC(Cl)CNC23)C1. The molecule has 0 aliphatic carbocycles. The molecule has 5 N–H and O–H groups in total. The molecule has 4 aliphatic rings. The van der Waals surface area contributed by atoms with Crippen LogP contribution in [0.1, 0.15) is 19.3 Å². The highest BCUT2D eigenvalue weighted by Gasteiger charge is 2.47. The Kier molecular flexibility index (Phi) is 6.74. The molecule has 0 spiro atoms. The molecule has 7 atom stereocenters. The highest BCUT2D eigenvalue weighted by atomic mass is 35.5. The molecule has 0 aromatic rings. The van der Waals surface area contributed by atoms with Gasteiger partial charge in [-0.15, -0.1) is 11.6 Å². The number of amides is 1. The summed E-state index contributed by atoms with van der Waals surface area (Å²) in [6, 6.07) is -0.0567. The lowest BCUT2D eigenvalue weighted by Gasteiger charge is -2.40. The number of carbonyl (C=O) groups is 1. The topological polar surface area (TPSA) is 104 Å². The lowest BCUT2D eigenvalue weighted by atomic mass is 9.98. The molecular weight excluding hydrogens is 384 g/mol. The zero-order valence-electron chi connectivity index (χ0n) is 16.5.